The average molecular weight is 611 g/mol. The molecular weight excluding hydrogens is 581 g/mol. The molecule has 2 heterocycles. The van der Waals surface area contributed by atoms with Gasteiger partial charge in [0.15, 0.2) is 0 Å². The fourth-order valence-corrected chi connectivity index (χ4v) is 5.55. The third kappa shape index (κ3) is 6.51. The van der Waals surface area contributed by atoms with E-state index in [1.165, 1.54) is 19.3 Å². The topological polar surface area (TPSA) is 77.2 Å². The van der Waals surface area contributed by atoms with E-state index in [-0.39, 0.29) is 30.4 Å². The molecule has 0 amide bonds. The molecule has 0 atom stereocenters. The zero-order chi connectivity index (χ0) is 26.8. The van der Waals surface area contributed by atoms with Gasteiger partial charge in [-0.25, -0.2) is 9.78 Å². The molecule has 0 aliphatic heterocycles. The molecule has 0 saturated heterocycles. The number of ether oxygens (including phenoxy) is 1. The summed E-state index contributed by atoms with van der Waals surface area (Å²) in [4.78, 5) is 21.0. The number of nitrogens with zero attached hydrogens (tertiary/aromatic N) is 3. The van der Waals surface area contributed by atoms with Crippen LogP contribution in [0.2, 0.25) is 5.02 Å². The van der Waals surface area contributed by atoms with Crippen LogP contribution < -0.4 is 4.74 Å². The number of carboxylic acid groups (broad SMARTS) is 1. The van der Waals surface area contributed by atoms with E-state index in [1.807, 2.05) is 66.7 Å². The van der Waals surface area contributed by atoms with Crippen LogP contribution in [0, 0.1) is 0 Å². The summed E-state index contributed by atoms with van der Waals surface area (Å²) in [6, 6.07) is 25.1. The second-order valence-corrected chi connectivity index (χ2v) is 10.4. The molecule has 2 aromatic heterocycles. The van der Waals surface area contributed by atoms with Crippen molar-refractivity contribution in [2.24, 2.45) is 0 Å². The number of benzene rings is 3. The number of imidazole rings is 1. The fraction of sp³-hybridized carbons (Fsp3) is 0.219. The van der Waals surface area contributed by atoms with Crippen molar-refractivity contribution in [2.45, 2.75) is 44.8 Å². The Balaban J connectivity index is 0.00000194. The number of aromatic nitrogens is 3. The van der Waals surface area contributed by atoms with E-state index in [0.717, 1.165) is 52.3 Å². The highest BCUT2D eigenvalue weighted by molar-refractivity contribution is 6.30. The van der Waals surface area contributed by atoms with Crippen molar-refractivity contribution in [1.29, 1.82) is 0 Å². The molecule has 1 fully saturated rings. The van der Waals surface area contributed by atoms with Crippen LogP contribution in [0.25, 0.3) is 33.7 Å². The minimum atomic E-state index is -0.944. The van der Waals surface area contributed by atoms with Gasteiger partial charge in [0.25, 0.3) is 0 Å². The number of aromatic carboxylic acids is 1. The van der Waals surface area contributed by atoms with Gasteiger partial charge in [-0.3, -0.25) is 4.98 Å². The Labute approximate surface area is 256 Å². The third-order valence-electron chi connectivity index (χ3n) is 7.39. The first-order valence-electron chi connectivity index (χ1n) is 13.3. The van der Waals surface area contributed by atoms with E-state index in [2.05, 4.69) is 9.55 Å². The van der Waals surface area contributed by atoms with Gasteiger partial charge in [0, 0.05) is 34.0 Å². The van der Waals surface area contributed by atoms with Gasteiger partial charge in [-0.05, 0) is 73.5 Å². The van der Waals surface area contributed by atoms with Crippen LogP contribution in [0.3, 0.4) is 0 Å². The summed E-state index contributed by atoms with van der Waals surface area (Å²) in [5, 5.41) is 10.2. The van der Waals surface area contributed by atoms with Gasteiger partial charge in [-0.2, -0.15) is 0 Å². The standard InChI is InChI=1S/C32H28ClN3O3.2ClH/c33-25-13-8-21(9-14-25)30-24(5-4-18-34-30)20-39-27-15-10-22(11-16-27)31-35-28-19-23(32(37)38)12-17-29(28)36(31)26-6-2-1-3-7-26;;/h4-5,8-19,26H,1-3,6-7,20H2,(H,37,38);2*1H. The van der Waals surface area contributed by atoms with E-state index in [4.69, 9.17) is 21.3 Å². The summed E-state index contributed by atoms with van der Waals surface area (Å²) in [6.45, 7) is 0.379. The van der Waals surface area contributed by atoms with Crippen molar-refractivity contribution >= 4 is 53.4 Å². The predicted molar refractivity (Wildman–Crippen MR) is 168 cm³/mol. The minimum absolute atomic E-state index is 0. The molecule has 6 rings (SSSR count). The van der Waals surface area contributed by atoms with Crippen molar-refractivity contribution in [3.8, 4) is 28.4 Å². The van der Waals surface area contributed by atoms with E-state index in [9.17, 15) is 9.90 Å². The first-order chi connectivity index (χ1) is 19.1. The maximum Gasteiger partial charge on any atom is 0.335 e. The summed E-state index contributed by atoms with van der Waals surface area (Å²) >= 11 is 6.06. The number of rotatable bonds is 7. The Hall–Kier alpha value is -3.58. The SMILES string of the molecule is Cl.Cl.O=C(O)c1ccc2c(c1)nc(-c1ccc(OCc3cccnc3-c3ccc(Cl)cc3)cc1)n2C1CCCCC1. The maximum absolute atomic E-state index is 11.6. The Morgan fingerprint density at radius 2 is 1.63 bits per heavy atom. The fourth-order valence-electron chi connectivity index (χ4n) is 5.43. The molecule has 1 saturated carbocycles. The van der Waals surface area contributed by atoms with E-state index in [0.29, 0.717) is 23.2 Å². The van der Waals surface area contributed by atoms with Gasteiger partial charge in [0.2, 0.25) is 0 Å². The third-order valence-corrected chi connectivity index (χ3v) is 7.64. The molecule has 41 heavy (non-hydrogen) atoms. The summed E-state index contributed by atoms with van der Waals surface area (Å²) < 4.78 is 8.47. The lowest BCUT2D eigenvalue weighted by Crippen LogP contribution is -2.14. The lowest BCUT2D eigenvalue weighted by molar-refractivity contribution is 0.0697. The Bertz CT molecular complexity index is 1630. The van der Waals surface area contributed by atoms with Gasteiger partial charge >= 0.3 is 5.97 Å². The largest absolute Gasteiger partial charge is 0.489 e. The summed E-state index contributed by atoms with van der Waals surface area (Å²) in [6.07, 6.45) is 7.61. The van der Waals surface area contributed by atoms with Gasteiger partial charge < -0.3 is 14.4 Å². The molecule has 1 aliphatic rings. The Morgan fingerprint density at radius 1 is 0.927 bits per heavy atom. The molecule has 6 nitrogen and oxygen atoms in total. The quantitative estimate of drug-likeness (QED) is 0.199. The summed E-state index contributed by atoms with van der Waals surface area (Å²) in [7, 11) is 0. The lowest BCUT2D eigenvalue weighted by atomic mass is 9.95. The van der Waals surface area contributed by atoms with Gasteiger partial charge in [-0.15, -0.1) is 24.8 Å². The van der Waals surface area contributed by atoms with Crippen molar-refractivity contribution in [3.63, 3.8) is 0 Å². The van der Waals surface area contributed by atoms with E-state index in [1.54, 1.807) is 18.3 Å². The number of fused-ring (bicyclic) bond motifs is 1. The average Bonchev–Trinajstić information content (AvgIpc) is 3.36. The van der Waals surface area contributed by atoms with Crippen molar-refractivity contribution in [1.82, 2.24) is 14.5 Å². The first kappa shape index (κ1) is 30.4. The van der Waals surface area contributed by atoms with Crippen LogP contribution in [-0.4, -0.2) is 25.6 Å². The second kappa shape index (κ2) is 13.4. The van der Waals surface area contributed by atoms with Gasteiger partial charge in [0.1, 0.15) is 18.2 Å². The molecule has 9 heteroatoms. The number of carbonyl (C=O) groups is 1. The molecule has 0 unspecified atom stereocenters. The molecule has 3 aromatic carbocycles. The predicted octanol–water partition coefficient (Wildman–Crippen LogP) is 9.04. The number of hydrogen-bond donors (Lipinski definition) is 1. The molecule has 1 aliphatic carbocycles. The Kier molecular flexibility index (Phi) is 9.92. The van der Waals surface area contributed by atoms with Crippen LogP contribution >= 0.6 is 36.4 Å². The number of carboxylic acids is 1. The van der Waals surface area contributed by atoms with E-state index < -0.39 is 5.97 Å². The van der Waals surface area contributed by atoms with Gasteiger partial charge in [-0.1, -0.05) is 49.1 Å². The molecule has 1 N–H and O–H groups in total. The van der Waals surface area contributed by atoms with Crippen LogP contribution in [-0.2, 0) is 6.61 Å². The highest BCUT2D eigenvalue weighted by Crippen LogP contribution is 2.36. The minimum Gasteiger partial charge on any atom is -0.489 e. The normalized spacial score (nSPS) is 13.3. The van der Waals surface area contributed by atoms with Gasteiger partial charge in [0.05, 0.1) is 22.3 Å². The highest BCUT2D eigenvalue weighted by atomic mass is 35.5. The van der Waals surface area contributed by atoms with Crippen LogP contribution in [0.15, 0.2) is 85.1 Å². The van der Waals surface area contributed by atoms with Crippen LogP contribution in [0.5, 0.6) is 5.75 Å². The zero-order valence-electron chi connectivity index (χ0n) is 22.2. The number of hydrogen-bond acceptors (Lipinski definition) is 4. The zero-order valence-corrected chi connectivity index (χ0v) is 24.6. The van der Waals surface area contributed by atoms with Crippen LogP contribution in [0.4, 0.5) is 0 Å². The molecular formula is C32H30Cl3N3O3. The molecule has 212 valence electrons. The Morgan fingerprint density at radius 3 is 2.34 bits per heavy atom. The molecule has 5 aromatic rings. The molecule has 0 spiro atoms. The number of pyridine rings is 1. The van der Waals surface area contributed by atoms with E-state index >= 15 is 0 Å². The highest BCUT2D eigenvalue weighted by Gasteiger charge is 2.23. The van der Waals surface area contributed by atoms with Crippen molar-refractivity contribution < 1.29 is 14.6 Å². The smallest absolute Gasteiger partial charge is 0.335 e. The summed E-state index contributed by atoms with van der Waals surface area (Å²) in [5.74, 6) is 0.668. The summed E-state index contributed by atoms with van der Waals surface area (Å²) in [5.41, 5.74) is 5.76. The molecule has 0 radical (unpaired) electrons. The maximum atomic E-state index is 11.6. The first-order valence-corrected chi connectivity index (χ1v) is 13.6. The van der Waals surface area contributed by atoms with Crippen molar-refractivity contribution in [2.75, 3.05) is 0 Å². The monoisotopic (exact) mass is 609 g/mol. The second-order valence-electron chi connectivity index (χ2n) is 9.94. The molecule has 0 bridgehead atoms. The van der Waals surface area contributed by atoms with Crippen molar-refractivity contribution in [3.05, 3.63) is 101 Å². The lowest BCUT2D eigenvalue weighted by Gasteiger charge is -2.25. The van der Waals surface area contributed by atoms with Crippen LogP contribution in [0.1, 0.15) is 54.1 Å². The number of halogens is 3.